The molecular weight excluding hydrogens is 453 g/mol. The van der Waals surface area contributed by atoms with E-state index in [4.69, 9.17) is 39.2 Å². The lowest BCUT2D eigenvalue weighted by atomic mass is 10.2. The molecule has 1 amide bonds. The molecule has 0 atom stereocenters. The second-order valence-corrected chi connectivity index (χ2v) is 7.07. The number of carbonyl (C=O) groups is 1. The van der Waals surface area contributed by atoms with Crippen LogP contribution in [-0.4, -0.2) is 10.8 Å². The summed E-state index contributed by atoms with van der Waals surface area (Å²) in [6.45, 7) is 0. The molecule has 1 heterocycles. The molecule has 0 aliphatic carbocycles. The number of hydrogen-bond acceptors (Lipinski definition) is 5. The van der Waals surface area contributed by atoms with E-state index in [1.165, 1.54) is 18.2 Å². The summed E-state index contributed by atoms with van der Waals surface area (Å²) in [4.78, 5) is 22.6. The van der Waals surface area contributed by atoms with E-state index in [0.29, 0.717) is 21.4 Å². The number of benzene rings is 2. The molecular formula is C20H10Cl3N3O4. The summed E-state index contributed by atoms with van der Waals surface area (Å²) in [7, 11) is 0. The fourth-order valence-corrected chi connectivity index (χ4v) is 3.30. The fraction of sp³-hybridized carbons (Fsp3) is 0. The van der Waals surface area contributed by atoms with Gasteiger partial charge in [0.2, 0.25) is 0 Å². The van der Waals surface area contributed by atoms with Gasteiger partial charge in [-0.2, -0.15) is 5.26 Å². The maximum absolute atomic E-state index is 12.4. The minimum Gasteiger partial charge on any atom is -0.457 e. The van der Waals surface area contributed by atoms with Gasteiger partial charge in [0, 0.05) is 18.2 Å². The third kappa shape index (κ3) is 4.63. The van der Waals surface area contributed by atoms with E-state index < -0.39 is 10.8 Å². The smallest absolute Gasteiger partial charge is 0.271 e. The van der Waals surface area contributed by atoms with Gasteiger partial charge in [0.1, 0.15) is 23.2 Å². The maximum atomic E-state index is 12.4. The number of nitro benzene ring substituents is 1. The molecule has 150 valence electrons. The molecule has 0 spiro atoms. The number of amides is 1. The number of carbonyl (C=O) groups excluding carboxylic acids is 1. The minimum absolute atomic E-state index is 0.0384. The molecule has 0 radical (unpaired) electrons. The van der Waals surface area contributed by atoms with E-state index in [1.807, 2.05) is 0 Å². The van der Waals surface area contributed by atoms with Crippen molar-refractivity contribution in [2.45, 2.75) is 0 Å². The van der Waals surface area contributed by atoms with E-state index in [9.17, 15) is 20.2 Å². The van der Waals surface area contributed by atoms with Crippen LogP contribution in [0.1, 0.15) is 5.76 Å². The van der Waals surface area contributed by atoms with E-state index in [1.54, 1.807) is 36.4 Å². The standard InChI is InChI=1S/C20H10Cl3N3O4/c21-14-2-1-3-15(22)19(14)18-7-5-13(30-18)8-11(10-24)20(27)25-17-6-4-12(26(28)29)9-16(17)23/h1-9H,(H,25,27)/b11-8+. The third-order valence-electron chi connectivity index (χ3n) is 3.90. The first kappa shape index (κ1) is 21.4. The average Bonchev–Trinajstić information content (AvgIpc) is 3.15. The van der Waals surface area contributed by atoms with Gasteiger partial charge < -0.3 is 9.73 Å². The Kier molecular flexibility index (Phi) is 6.43. The maximum Gasteiger partial charge on any atom is 0.271 e. The summed E-state index contributed by atoms with van der Waals surface area (Å²) < 4.78 is 5.65. The first-order valence-corrected chi connectivity index (χ1v) is 9.35. The molecule has 3 rings (SSSR count). The summed E-state index contributed by atoms with van der Waals surface area (Å²) >= 11 is 18.3. The van der Waals surface area contributed by atoms with Crippen LogP contribution in [0.3, 0.4) is 0 Å². The van der Waals surface area contributed by atoms with Crippen molar-refractivity contribution in [2.24, 2.45) is 0 Å². The van der Waals surface area contributed by atoms with Crippen LogP contribution in [0, 0.1) is 21.4 Å². The highest BCUT2D eigenvalue weighted by molar-refractivity contribution is 6.39. The quantitative estimate of drug-likeness (QED) is 0.205. The summed E-state index contributed by atoms with van der Waals surface area (Å²) in [6.07, 6.45) is 1.24. The van der Waals surface area contributed by atoms with Crippen molar-refractivity contribution in [3.8, 4) is 17.4 Å². The van der Waals surface area contributed by atoms with E-state index >= 15 is 0 Å². The number of furan rings is 1. The van der Waals surface area contributed by atoms with Crippen LogP contribution in [0.15, 0.2) is 58.5 Å². The molecule has 7 nitrogen and oxygen atoms in total. The molecule has 0 fully saturated rings. The van der Waals surface area contributed by atoms with Gasteiger partial charge in [-0.1, -0.05) is 40.9 Å². The van der Waals surface area contributed by atoms with Crippen LogP contribution in [0.5, 0.6) is 0 Å². The van der Waals surface area contributed by atoms with Crippen LogP contribution in [-0.2, 0) is 4.79 Å². The molecule has 1 N–H and O–H groups in total. The first-order chi connectivity index (χ1) is 14.3. The Bertz CT molecular complexity index is 1210. The number of nitrogens with zero attached hydrogens (tertiary/aromatic N) is 2. The average molecular weight is 463 g/mol. The van der Waals surface area contributed by atoms with Crippen molar-refractivity contribution in [2.75, 3.05) is 5.32 Å². The van der Waals surface area contributed by atoms with E-state index in [-0.39, 0.29) is 27.7 Å². The largest absolute Gasteiger partial charge is 0.457 e. The van der Waals surface area contributed by atoms with Crippen molar-refractivity contribution in [3.05, 3.63) is 85.0 Å². The lowest BCUT2D eigenvalue weighted by Gasteiger charge is -2.06. The Labute approximate surface area is 185 Å². The monoisotopic (exact) mass is 461 g/mol. The number of halogens is 3. The highest BCUT2D eigenvalue weighted by Crippen LogP contribution is 2.36. The SMILES string of the molecule is N#C/C(=C\c1ccc(-c2c(Cl)cccc2Cl)o1)C(=O)Nc1ccc([N+](=O)[O-])cc1Cl. The van der Waals surface area contributed by atoms with Crippen molar-refractivity contribution >= 4 is 58.2 Å². The molecule has 0 aliphatic heterocycles. The topological polar surface area (TPSA) is 109 Å². The zero-order chi connectivity index (χ0) is 21.8. The third-order valence-corrected chi connectivity index (χ3v) is 4.84. The number of nitrogens with one attached hydrogen (secondary N) is 1. The van der Waals surface area contributed by atoms with Crippen molar-refractivity contribution in [3.63, 3.8) is 0 Å². The normalized spacial score (nSPS) is 11.1. The molecule has 30 heavy (non-hydrogen) atoms. The lowest BCUT2D eigenvalue weighted by molar-refractivity contribution is -0.384. The van der Waals surface area contributed by atoms with Gasteiger partial charge in [-0.05, 0) is 30.3 Å². The molecule has 1 aromatic heterocycles. The van der Waals surface area contributed by atoms with Gasteiger partial charge in [0.25, 0.3) is 11.6 Å². The van der Waals surface area contributed by atoms with Crippen molar-refractivity contribution < 1.29 is 14.1 Å². The number of nitro groups is 1. The number of non-ortho nitro benzene ring substituents is 1. The Morgan fingerprint density at radius 3 is 2.40 bits per heavy atom. The van der Waals surface area contributed by atoms with Crippen LogP contribution in [0.25, 0.3) is 17.4 Å². The predicted molar refractivity (Wildman–Crippen MR) is 114 cm³/mol. The summed E-state index contributed by atoms with van der Waals surface area (Å²) in [6, 6.07) is 13.5. The Morgan fingerprint density at radius 1 is 1.10 bits per heavy atom. The van der Waals surface area contributed by atoms with Crippen molar-refractivity contribution in [1.29, 1.82) is 5.26 Å². The Balaban J connectivity index is 1.85. The molecule has 3 aromatic rings. The number of anilines is 1. The first-order valence-electron chi connectivity index (χ1n) is 8.21. The molecule has 0 bridgehead atoms. The number of rotatable bonds is 5. The fourth-order valence-electron chi connectivity index (χ4n) is 2.50. The molecule has 0 aliphatic rings. The Hall–Kier alpha value is -3.31. The summed E-state index contributed by atoms with van der Waals surface area (Å²) in [5.41, 5.74) is 0.114. The van der Waals surface area contributed by atoms with Crippen LogP contribution >= 0.6 is 34.8 Å². The molecule has 10 heteroatoms. The highest BCUT2D eigenvalue weighted by atomic mass is 35.5. The van der Waals surface area contributed by atoms with E-state index in [2.05, 4.69) is 5.32 Å². The van der Waals surface area contributed by atoms with Crippen LogP contribution in [0.4, 0.5) is 11.4 Å². The highest BCUT2D eigenvalue weighted by Gasteiger charge is 2.16. The van der Waals surface area contributed by atoms with Crippen molar-refractivity contribution in [1.82, 2.24) is 0 Å². The van der Waals surface area contributed by atoms with Gasteiger partial charge in [0.15, 0.2) is 0 Å². The predicted octanol–water partition coefficient (Wildman–Crippen LogP) is 6.36. The molecule has 0 saturated heterocycles. The van der Waals surface area contributed by atoms with Crippen LogP contribution < -0.4 is 5.32 Å². The van der Waals surface area contributed by atoms with Gasteiger partial charge >= 0.3 is 0 Å². The van der Waals surface area contributed by atoms with Gasteiger partial charge in [-0.15, -0.1) is 0 Å². The van der Waals surface area contributed by atoms with Gasteiger partial charge in [-0.25, -0.2) is 0 Å². The number of nitriles is 1. The van der Waals surface area contributed by atoms with Gasteiger partial charge in [-0.3, -0.25) is 14.9 Å². The Morgan fingerprint density at radius 2 is 1.80 bits per heavy atom. The second kappa shape index (κ2) is 9.01. The molecule has 0 unspecified atom stereocenters. The summed E-state index contributed by atoms with van der Waals surface area (Å²) in [5, 5.41) is 23.3. The molecule has 2 aromatic carbocycles. The number of hydrogen-bond donors (Lipinski definition) is 1. The van der Waals surface area contributed by atoms with Crippen LogP contribution in [0.2, 0.25) is 15.1 Å². The zero-order valence-electron chi connectivity index (χ0n) is 14.9. The summed E-state index contributed by atoms with van der Waals surface area (Å²) in [5.74, 6) is -0.169. The zero-order valence-corrected chi connectivity index (χ0v) is 17.1. The molecule has 0 saturated carbocycles. The second-order valence-electron chi connectivity index (χ2n) is 5.84. The van der Waals surface area contributed by atoms with Gasteiger partial charge in [0.05, 0.1) is 31.2 Å². The van der Waals surface area contributed by atoms with E-state index in [0.717, 1.165) is 6.07 Å². The lowest BCUT2D eigenvalue weighted by Crippen LogP contribution is -2.13. The minimum atomic E-state index is -0.762.